The van der Waals surface area contributed by atoms with Crippen LogP contribution >= 0.6 is 22.6 Å². The number of benzene rings is 2. The van der Waals surface area contributed by atoms with Crippen molar-refractivity contribution < 1.29 is 23.4 Å². The zero-order valence-corrected chi connectivity index (χ0v) is 18.3. The van der Waals surface area contributed by atoms with Gasteiger partial charge in [0.05, 0.1) is 23.6 Å². The number of ether oxygens (including phenoxy) is 3. The van der Waals surface area contributed by atoms with Gasteiger partial charge in [-0.15, -0.1) is 0 Å². The first kappa shape index (κ1) is 20.2. The van der Waals surface area contributed by atoms with Gasteiger partial charge >= 0.3 is 5.97 Å². The number of hydrogen-bond donors (Lipinski definition) is 0. The molecule has 2 heterocycles. The molecular weight excluding hydrogens is 497 g/mol. The molecule has 1 aromatic heterocycles. The predicted molar refractivity (Wildman–Crippen MR) is 121 cm³/mol. The second-order valence-electron chi connectivity index (χ2n) is 6.43. The Labute approximate surface area is 187 Å². The first-order valence-electron chi connectivity index (χ1n) is 9.25. The zero-order valence-electron chi connectivity index (χ0n) is 16.1. The van der Waals surface area contributed by atoms with E-state index in [0.29, 0.717) is 23.9 Å². The number of furan rings is 1. The van der Waals surface area contributed by atoms with E-state index < -0.39 is 5.97 Å². The molecule has 0 radical (unpaired) electrons. The molecule has 152 valence electrons. The molecule has 0 N–H and O–H groups in total. The van der Waals surface area contributed by atoms with E-state index in [0.717, 1.165) is 15.6 Å². The third-order valence-corrected chi connectivity index (χ3v) is 5.19. The van der Waals surface area contributed by atoms with Crippen molar-refractivity contribution >= 4 is 40.5 Å². The van der Waals surface area contributed by atoms with E-state index in [9.17, 15) is 4.79 Å². The summed E-state index contributed by atoms with van der Waals surface area (Å²) in [7, 11) is 1.59. The highest BCUT2D eigenvalue weighted by Crippen LogP contribution is 2.35. The molecule has 0 amide bonds. The van der Waals surface area contributed by atoms with Gasteiger partial charge in [0.2, 0.25) is 0 Å². The molecule has 0 aliphatic carbocycles. The van der Waals surface area contributed by atoms with Gasteiger partial charge in [-0.3, -0.25) is 0 Å². The minimum absolute atomic E-state index is 0.152. The maximum Gasteiger partial charge on any atom is 0.363 e. The second kappa shape index (κ2) is 9.17. The van der Waals surface area contributed by atoms with Gasteiger partial charge in [0, 0.05) is 6.42 Å². The van der Waals surface area contributed by atoms with E-state index in [1.54, 1.807) is 31.4 Å². The maximum absolute atomic E-state index is 12.2. The van der Waals surface area contributed by atoms with Crippen LogP contribution in [0.2, 0.25) is 0 Å². The molecule has 4 rings (SSSR count). The van der Waals surface area contributed by atoms with Crippen LogP contribution in [-0.4, -0.2) is 25.6 Å². The SMILES string of the molecule is COc1cc(C=C2N=C(c3ccco3)OC2=O)cc(I)c1OCCc1ccccc1. The Balaban J connectivity index is 1.53. The van der Waals surface area contributed by atoms with Crippen LogP contribution in [0.4, 0.5) is 0 Å². The molecule has 0 unspecified atom stereocenters. The molecule has 0 fully saturated rings. The van der Waals surface area contributed by atoms with Crippen molar-refractivity contribution in [3.05, 3.63) is 87.0 Å². The number of esters is 1. The van der Waals surface area contributed by atoms with Gasteiger partial charge in [-0.25, -0.2) is 9.79 Å². The average Bonchev–Trinajstić information content (AvgIpc) is 3.40. The minimum Gasteiger partial charge on any atom is -0.493 e. The number of carbonyl (C=O) groups excluding carboxylic acids is 1. The third-order valence-electron chi connectivity index (χ3n) is 4.39. The van der Waals surface area contributed by atoms with E-state index in [4.69, 9.17) is 18.6 Å². The van der Waals surface area contributed by atoms with Crippen LogP contribution in [0.25, 0.3) is 6.08 Å². The molecule has 1 aliphatic rings. The van der Waals surface area contributed by atoms with Crippen molar-refractivity contribution in [3.8, 4) is 11.5 Å². The third kappa shape index (κ3) is 4.56. The first-order valence-corrected chi connectivity index (χ1v) is 10.3. The lowest BCUT2D eigenvalue weighted by atomic mass is 10.1. The fourth-order valence-electron chi connectivity index (χ4n) is 2.95. The summed E-state index contributed by atoms with van der Waals surface area (Å²) >= 11 is 2.19. The van der Waals surface area contributed by atoms with Crippen LogP contribution < -0.4 is 9.47 Å². The zero-order chi connectivity index (χ0) is 20.9. The molecule has 0 spiro atoms. The topological polar surface area (TPSA) is 70.3 Å². The lowest BCUT2D eigenvalue weighted by Gasteiger charge is -2.13. The van der Waals surface area contributed by atoms with Gasteiger partial charge in [-0.2, -0.15) is 0 Å². The van der Waals surface area contributed by atoms with Crippen LogP contribution in [0.5, 0.6) is 11.5 Å². The molecule has 0 saturated carbocycles. The Hall–Kier alpha value is -3.07. The Morgan fingerprint density at radius 2 is 1.97 bits per heavy atom. The van der Waals surface area contributed by atoms with Gasteiger partial charge in [0.1, 0.15) is 0 Å². The van der Waals surface area contributed by atoms with E-state index in [1.165, 1.54) is 11.8 Å². The largest absolute Gasteiger partial charge is 0.493 e. The van der Waals surface area contributed by atoms with Crippen molar-refractivity contribution in [1.29, 1.82) is 0 Å². The molecule has 6 nitrogen and oxygen atoms in total. The van der Waals surface area contributed by atoms with E-state index in [1.807, 2.05) is 24.3 Å². The van der Waals surface area contributed by atoms with Crippen molar-refractivity contribution in [1.82, 2.24) is 0 Å². The number of cyclic esters (lactones) is 1. The van der Waals surface area contributed by atoms with Crippen LogP contribution in [0.3, 0.4) is 0 Å². The lowest BCUT2D eigenvalue weighted by Crippen LogP contribution is -2.05. The molecule has 0 bridgehead atoms. The highest BCUT2D eigenvalue weighted by atomic mass is 127. The van der Waals surface area contributed by atoms with Crippen molar-refractivity contribution in [2.45, 2.75) is 6.42 Å². The summed E-state index contributed by atoms with van der Waals surface area (Å²) in [5, 5.41) is 0. The standard InChI is InChI=1S/C23H18INO5/c1-27-20-14-16(13-18-23(26)30-22(25-18)19-8-5-10-28-19)12-17(24)21(20)29-11-9-15-6-3-2-4-7-15/h2-8,10,12-14H,9,11H2,1H3. The Morgan fingerprint density at radius 1 is 1.13 bits per heavy atom. The number of aliphatic imine (C=N–C) groups is 1. The van der Waals surface area contributed by atoms with Crippen molar-refractivity contribution in [2.75, 3.05) is 13.7 Å². The van der Waals surface area contributed by atoms with Crippen LogP contribution in [0.1, 0.15) is 16.9 Å². The number of nitrogens with zero attached hydrogens (tertiary/aromatic N) is 1. The van der Waals surface area contributed by atoms with Gasteiger partial charge < -0.3 is 18.6 Å². The van der Waals surface area contributed by atoms with E-state index in [2.05, 4.69) is 39.7 Å². The summed E-state index contributed by atoms with van der Waals surface area (Å²) < 4.78 is 22.8. The van der Waals surface area contributed by atoms with Crippen LogP contribution in [-0.2, 0) is 16.0 Å². The number of carbonyl (C=O) groups is 1. The molecule has 7 heteroatoms. The average molecular weight is 515 g/mol. The molecular formula is C23H18INO5. The molecule has 1 aliphatic heterocycles. The Bertz CT molecular complexity index is 1100. The highest BCUT2D eigenvalue weighted by Gasteiger charge is 2.26. The van der Waals surface area contributed by atoms with Gasteiger partial charge in [0.25, 0.3) is 5.90 Å². The van der Waals surface area contributed by atoms with E-state index in [-0.39, 0.29) is 11.6 Å². The van der Waals surface area contributed by atoms with Crippen LogP contribution in [0, 0.1) is 3.57 Å². The minimum atomic E-state index is -0.529. The quantitative estimate of drug-likeness (QED) is 0.256. The van der Waals surface area contributed by atoms with Crippen molar-refractivity contribution in [3.63, 3.8) is 0 Å². The van der Waals surface area contributed by atoms with Crippen LogP contribution in [0.15, 0.2) is 76.0 Å². The number of hydrogen-bond acceptors (Lipinski definition) is 6. The predicted octanol–water partition coefficient (Wildman–Crippen LogP) is 4.86. The fraction of sp³-hybridized carbons (Fsp3) is 0.130. The number of rotatable bonds is 7. The highest BCUT2D eigenvalue weighted by molar-refractivity contribution is 14.1. The summed E-state index contributed by atoms with van der Waals surface area (Å²) in [4.78, 5) is 16.4. The lowest BCUT2D eigenvalue weighted by molar-refractivity contribution is -0.130. The monoisotopic (exact) mass is 515 g/mol. The smallest absolute Gasteiger partial charge is 0.363 e. The van der Waals surface area contributed by atoms with Gasteiger partial charge in [0.15, 0.2) is 23.0 Å². The summed E-state index contributed by atoms with van der Waals surface area (Å²) in [5.74, 6) is 1.28. The normalized spacial score (nSPS) is 14.5. The van der Waals surface area contributed by atoms with Gasteiger partial charge in [-0.05, 0) is 64.1 Å². The summed E-state index contributed by atoms with van der Waals surface area (Å²) in [6, 6.07) is 17.2. The first-order chi connectivity index (χ1) is 14.6. The van der Waals surface area contributed by atoms with E-state index >= 15 is 0 Å². The molecule has 3 aromatic rings. The number of methoxy groups -OCH3 is 1. The summed E-state index contributed by atoms with van der Waals surface area (Å²) in [5.41, 5.74) is 2.15. The Morgan fingerprint density at radius 3 is 2.70 bits per heavy atom. The molecule has 30 heavy (non-hydrogen) atoms. The second-order valence-corrected chi connectivity index (χ2v) is 7.59. The summed E-state index contributed by atoms with van der Waals surface area (Å²) in [6.07, 6.45) is 3.94. The summed E-state index contributed by atoms with van der Waals surface area (Å²) in [6.45, 7) is 0.528. The maximum atomic E-state index is 12.2. The fourth-order valence-corrected chi connectivity index (χ4v) is 3.73. The molecule has 2 aromatic carbocycles. The van der Waals surface area contributed by atoms with Gasteiger partial charge in [-0.1, -0.05) is 30.3 Å². The van der Waals surface area contributed by atoms with Crippen molar-refractivity contribution in [2.24, 2.45) is 4.99 Å². The Kier molecular flexibility index (Phi) is 6.18. The number of halogens is 1. The molecule has 0 atom stereocenters. The molecule has 0 saturated heterocycles.